The van der Waals surface area contributed by atoms with Crippen LogP contribution in [0.2, 0.25) is 0 Å². The lowest BCUT2D eigenvalue weighted by Crippen LogP contribution is -2.12. The Hall–Kier alpha value is -3.45. The van der Waals surface area contributed by atoms with Crippen LogP contribution in [0.15, 0.2) is 63.8 Å². The Labute approximate surface area is 167 Å². The van der Waals surface area contributed by atoms with Crippen molar-refractivity contribution in [2.75, 3.05) is 18.5 Å². The molecule has 0 fully saturated rings. The van der Waals surface area contributed by atoms with Gasteiger partial charge in [0.2, 0.25) is 5.91 Å². The average Bonchev–Trinajstić information content (AvgIpc) is 3.44. The summed E-state index contributed by atoms with van der Waals surface area (Å²) in [5.41, 5.74) is 3.20. The van der Waals surface area contributed by atoms with Crippen molar-refractivity contribution in [1.82, 2.24) is 9.97 Å². The van der Waals surface area contributed by atoms with Crippen molar-refractivity contribution in [3.63, 3.8) is 0 Å². The molecule has 0 unspecified atom stereocenters. The highest BCUT2D eigenvalue weighted by Gasteiger charge is 2.17. The second-order valence-corrected chi connectivity index (χ2v) is 6.43. The topological polar surface area (TPSA) is 90.4 Å². The molecule has 3 heterocycles. The molecular formula is C22H21N3O4. The van der Waals surface area contributed by atoms with E-state index in [0.717, 1.165) is 0 Å². The fraction of sp³-hybridized carbons (Fsp3) is 0.227. The van der Waals surface area contributed by atoms with Gasteiger partial charge in [0.1, 0.15) is 11.4 Å². The van der Waals surface area contributed by atoms with Crippen molar-refractivity contribution < 1.29 is 18.4 Å². The molecule has 1 amide bonds. The number of carbonyl (C=O) groups is 1. The van der Waals surface area contributed by atoms with Crippen LogP contribution in [0.25, 0.3) is 33.9 Å². The summed E-state index contributed by atoms with van der Waals surface area (Å²) in [5, 5.41) is 2.90. The number of hydrogen-bond acceptors (Lipinski definition) is 6. The van der Waals surface area contributed by atoms with Crippen molar-refractivity contribution in [3.05, 3.63) is 55.0 Å². The predicted octanol–water partition coefficient (Wildman–Crippen LogP) is 4.91. The van der Waals surface area contributed by atoms with Crippen LogP contribution in [0.3, 0.4) is 0 Å². The Morgan fingerprint density at radius 3 is 2.31 bits per heavy atom. The van der Waals surface area contributed by atoms with Crippen LogP contribution in [-0.4, -0.2) is 29.1 Å². The number of hydrogen-bond donors (Lipinski definition) is 1. The molecule has 0 radical (unpaired) electrons. The Morgan fingerprint density at radius 2 is 1.69 bits per heavy atom. The van der Waals surface area contributed by atoms with Crippen molar-refractivity contribution in [2.24, 2.45) is 0 Å². The van der Waals surface area contributed by atoms with Crippen molar-refractivity contribution >= 4 is 22.6 Å². The maximum atomic E-state index is 12.1. The van der Waals surface area contributed by atoms with Gasteiger partial charge in [0, 0.05) is 25.3 Å². The minimum Gasteiger partial charge on any atom is -0.463 e. The molecule has 0 saturated heterocycles. The largest absolute Gasteiger partial charge is 0.463 e. The summed E-state index contributed by atoms with van der Waals surface area (Å²) in [6.07, 6.45) is 4.27. The number of anilines is 1. The summed E-state index contributed by atoms with van der Waals surface area (Å²) in [6.45, 7) is 3.17. The maximum Gasteiger partial charge on any atom is 0.224 e. The molecule has 0 spiro atoms. The van der Waals surface area contributed by atoms with Gasteiger partial charge < -0.3 is 18.9 Å². The highest BCUT2D eigenvalue weighted by atomic mass is 16.5. The van der Waals surface area contributed by atoms with Gasteiger partial charge in [-0.15, -0.1) is 0 Å². The number of fused-ring (bicyclic) bond motifs is 1. The van der Waals surface area contributed by atoms with Gasteiger partial charge in [-0.2, -0.15) is 0 Å². The number of aromatic nitrogens is 2. The number of carbonyl (C=O) groups excluding carboxylic acids is 1. The zero-order valence-corrected chi connectivity index (χ0v) is 16.1. The lowest BCUT2D eigenvalue weighted by molar-refractivity contribution is -0.116. The summed E-state index contributed by atoms with van der Waals surface area (Å²) < 4.78 is 16.3. The first kappa shape index (κ1) is 18.9. The molecule has 0 saturated carbocycles. The second kappa shape index (κ2) is 8.70. The third-order valence-corrected chi connectivity index (χ3v) is 4.35. The first-order valence-electron chi connectivity index (χ1n) is 9.51. The lowest BCUT2D eigenvalue weighted by atomic mass is 10.1. The van der Waals surface area contributed by atoms with Gasteiger partial charge in [-0.25, -0.2) is 9.97 Å². The number of ether oxygens (including phenoxy) is 1. The van der Waals surface area contributed by atoms with E-state index in [1.54, 1.807) is 30.7 Å². The van der Waals surface area contributed by atoms with Crippen LogP contribution in [0.1, 0.15) is 19.8 Å². The van der Waals surface area contributed by atoms with Crippen LogP contribution < -0.4 is 5.32 Å². The van der Waals surface area contributed by atoms with Gasteiger partial charge in [-0.1, -0.05) is 0 Å². The molecule has 7 heteroatoms. The number of nitrogens with one attached hydrogen (secondary N) is 1. The molecule has 29 heavy (non-hydrogen) atoms. The Morgan fingerprint density at radius 1 is 1.00 bits per heavy atom. The smallest absolute Gasteiger partial charge is 0.224 e. The van der Waals surface area contributed by atoms with E-state index in [9.17, 15) is 4.79 Å². The zero-order chi connectivity index (χ0) is 20.1. The van der Waals surface area contributed by atoms with Crippen LogP contribution in [0.5, 0.6) is 0 Å². The van der Waals surface area contributed by atoms with Gasteiger partial charge in [0.05, 0.1) is 23.6 Å². The van der Waals surface area contributed by atoms with E-state index in [4.69, 9.17) is 23.5 Å². The summed E-state index contributed by atoms with van der Waals surface area (Å²) >= 11 is 0. The van der Waals surface area contributed by atoms with Gasteiger partial charge in [0.25, 0.3) is 0 Å². The van der Waals surface area contributed by atoms with Gasteiger partial charge in [0.15, 0.2) is 11.5 Å². The fourth-order valence-electron chi connectivity index (χ4n) is 3.00. The van der Waals surface area contributed by atoms with E-state index in [1.807, 2.05) is 31.2 Å². The second-order valence-electron chi connectivity index (χ2n) is 6.43. The summed E-state index contributed by atoms with van der Waals surface area (Å²) in [7, 11) is 0. The highest BCUT2D eigenvalue weighted by molar-refractivity contribution is 5.93. The lowest BCUT2D eigenvalue weighted by Gasteiger charge is -2.09. The third-order valence-electron chi connectivity index (χ3n) is 4.35. The Balaban J connectivity index is 1.63. The van der Waals surface area contributed by atoms with Crippen molar-refractivity contribution in [3.8, 4) is 22.9 Å². The molecule has 148 valence electrons. The first-order valence-corrected chi connectivity index (χ1v) is 9.51. The summed E-state index contributed by atoms with van der Waals surface area (Å²) in [4.78, 5) is 21.6. The molecular weight excluding hydrogens is 370 g/mol. The van der Waals surface area contributed by atoms with Gasteiger partial charge in [-0.05, 0) is 55.8 Å². The van der Waals surface area contributed by atoms with Crippen LogP contribution in [-0.2, 0) is 9.53 Å². The number of nitrogens with zero attached hydrogens (tertiary/aromatic N) is 2. The fourth-order valence-corrected chi connectivity index (χ4v) is 3.00. The van der Waals surface area contributed by atoms with Gasteiger partial charge in [-0.3, -0.25) is 4.79 Å². The maximum absolute atomic E-state index is 12.1. The molecule has 0 bridgehead atoms. The quantitative estimate of drug-likeness (QED) is 0.429. The molecule has 4 rings (SSSR count). The summed E-state index contributed by atoms with van der Waals surface area (Å²) in [6, 6.07) is 12.7. The van der Waals surface area contributed by atoms with E-state index < -0.39 is 0 Å². The van der Waals surface area contributed by atoms with E-state index in [2.05, 4.69) is 5.32 Å². The third kappa shape index (κ3) is 4.35. The molecule has 4 aromatic rings. The van der Waals surface area contributed by atoms with E-state index in [1.165, 1.54) is 0 Å². The van der Waals surface area contributed by atoms with Crippen molar-refractivity contribution in [1.29, 1.82) is 0 Å². The molecule has 7 nitrogen and oxygen atoms in total. The standard InChI is InChI=1S/C22H21N3O4/c1-2-27-11-5-8-20(26)23-15-9-10-16-17(14-15)25-22(19-7-4-13-29-19)21(24-16)18-6-3-12-28-18/h3-4,6-7,9-10,12-14H,2,5,8,11H2,1H3,(H,23,26). The number of benzene rings is 1. The molecule has 3 aromatic heterocycles. The molecule has 0 atom stereocenters. The SMILES string of the molecule is CCOCCCC(=O)Nc1ccc2nc(-c3ccco3)c(-c3ccco3)nc2c1. The van der Waals surface area contributed by atoms with E-state index >= 15 is 0 Å². The monoisotopic (exact) mass is 391 g/mol. The first-order chi connectivity index (χ1) is 14.2. The Kier molecular flexibility index (Phi) is 5.67. The summed E-state index contributed by atoms with van der Waals surface area (Å²) in [5.74, 6) is 1.14. The minimum absolute atomic E-state index is 0.0597. The van der Waals surface area contributed by atoms with Crippen LogP contribution in [0, 0.1) is 0 Å². The number of furan rings is 2. The number of amides is 1. The molecule has 1 aromatic carbocycles. The molecule has 0 aliphatic heterocycles. The molecule has 1 N–H and O–H groups in total. The zero-order valence-electron chi connectivity index (χ0n) is 16.1. The van der Waals surface area contributed by atoms with Gasteiger partial charge >= 0.3 is 0 Å². The predicted molar refractivity (Wildman–Crippen MR) is 109 cm³/mol. The average molecular weight is 391 g/mol. The van der Waals surface area contributed by atoms with E-state index in [0.29, 0.717) is 65.7 Å². The van der Waals surface area contributed by atoms with Crippen LogP contribution >= 0.6 is 0 Å². The minimum atomic E-state index is -0.0597. The normalized spacial score (nSPS) is 11.1. The number of rotatable bonds is 8. The van der Waals surface area contributed by atoms with E-state index in [-0.39, 0.29) is 5.91 Å². The Bertz CT molecular complexity index is 1090. The van der Waals surface area contributed by atoms with Crippen molar-refractivity contribution in [2.45, 2.75) is 19.8 Å². The highest BCUT2D eigenvalue weighted by Crippen LogP contribution is 2.32. The van der Waals surface area contributed by atoms with Crippen LogP contribution in [0.4, 0.5) is 5.69 Å². The molecule has 0 aliphatic rings. The molecule has 0 aliphatic carbocycles.